The zero-order valence-electron chi connectivity index (χ0n) is 5.81. The second kappa shape index (κ2) is 3.32. The quantitative estimate of drug-likeness (QED) is 0.661. The lowest BCUT2D eigenvalue weighted by Crippen LogP contribution is -1.87. The van der Waals surface area contributed by atoms with Gasteiger partial charge in [0, 0.05) is 6.20 Å². The van der Waals surface area contributed by atoms with Crippen LogP contribution in [0.25, 0.3) is 0 Å². The molecule has 1 nitrogen and oxygen atoms in total. The summed E-state index contributed by atoms with van der Waals surface area (Å²) >= 11 is 3.63. The minimum absolute atomic E-state index is 0.483. The number of aromatic nitrogens is 1. The standard InChI is InChI=1S/C8H7NS2/c1-2-4-9-7(3-1)8-10-5-6-11-8/h1-6,8H. The van der Waals surface area contributed by atoms with Crippen molar-refractivity contribution in [3.63, 3.8) is 0 Å². The van der Waals surface area contributed by atoms with Crippen LogP contribution in [0.15, 0.2) is 35.2 Å². The fourth-order valence-electron chi connectivity index (χ4n) is 0.894. The van der Waals surface area contributed by atoms with Gasteiger partial charge in [0.05, 0.1) is 5.69 Å². The first-order valence-corrected chi connectivity index (χ1v) is 5.22. The molecule has 0 aliphatic carbocycles. The summed E-state index contributed by atoms with van der Waals surface area (Å²) in [7, 11) is 0. The van der Waals surface area contributed by atoms with Crippen LogP contribution >= 0.6 is 23.5 Å². The maximum atomic E-state index is 4.28. The van der Waals surface area contributed by atoms with Crippen molar-refractivity contribution < 1.29 is 0 Å². The molecular formula is C8H7NS2. The number of hydrogen-bond acceptors (Lipinski definition) is 3. The van der Waals surface area contributed by atoms with E-state index < -0.39 is 0 Å². The second-order valence-corrected chi connectivity index (χ2v) is 4.46. The van der Waals surface area contributed by atoms with E-state index in [1.807, 2.05) is 41.9 Å². The predicted octanol–water partition coefficient (Wildman–Crippen LogP) is 3.03. The van der Waals surface area contributed by atoms with Crippen LogP contribution in [0.3, 0.4) is 0 Å². The average molecular weight is 181 g/mol. The van der Waals surface area contributed by atoms with E-state index in [0.717, 1.165) is 5.69 Å². The molecule has 3 heteroatoms. The molecule has 0 saturated carbocycles. The van der Waals surface area contributed by atoms with Gasteiger partial charge in [-0.1, -0.05) is 6.07 Å². The smallest absolute Gasteiger partial charge is 0.100 e. The second-order valence-electron chi connectivity index (χ2n) is 2.13. The molecule has 0 bridgehead atoms. The maximum Gasteiger partial charge on any atom is 0.100 e. The molecule has 2 rings (SSSR count). The molecule has 11 heavy (non-hydrogen) atoms. The molecule has 1 aliphatic heterocycles. The molecule has 0 fully saturated rings. The van der Waals surface area contributed by atoms with Crippen molar-refractivity contribution in [1.82, 2.24) is 4.98 Å². The van der Waals surface area contributed by atoms with E-state index >= 15 is 0 Å². The zero-order chi connectivity index (χ0) is 7.52. The summed E-state index contributed by atoms with van der Waals surface area (Å²) in [5, 5.41) is 4.23. The number of hydrogen-bond donors (Lipinski definition) is 0. The molecule has 0 amide bonds. The fourth-order valence-corrected chi connectivity index (χ4v) is 2.89. The molecule has 0 spiro atoms. The molecule has 0 aromatic carbocycles. The lowest BCUT2D eigenvalue weighted by Gasteiger charge is -2.04. The molecule has 2 heterocycles. The van der Waals surface area contributed by atoms with Gasteiger partial charge in [-0.25, -0.2) is 0 Å². The molecule has 0 N–H and O–H groups in total. The molecule has 0 unspecified atom stereocenters. The Morgan fingerprint density at radius 2 is 2.00 bits per heavy atom. The highest BCUT2D eigenvalue weighted by atomic mass is 32.2. The highest BCUT2D eigenvalue weighted by molar-refractivity contribution is 8.21. The van der Waals surface area contributed by atoms with Crippen LogP contribution in [-0.4, -0.2) is 4.98 Å². The van der Waals surface area contributed by atoms with Gasteiger partial charge in [0.25, 0.3) is 0 Å². The third kappa shape index (κ3) is 1.60. The lowest BCUT2D eigenvalue weighted by atomic mass is 10.4. The van der Waals surface area contributed by atoms with E-state index in [2.05, 4.69) is 21.9 Å². The molecule has 0 radical (unpaired) electrons. The topological polar surface area (TPSA) is 12.9 Å². The van der Waals surface area contributed by atoms with Crippen LogP contribution in [0, 0.1) is 0 Å². The molecule has 0 atom stereocenters. The van der Waals surface area contributed by atoms with E-state index in [1.165, 1.54) is 0 Å². The van der Waals surface area contributed by atoms with Crippen LogP contribution in [0.4, 0.5) is 0 Å². The van der Waals surface area contributed by atoms with Crippen LogP contribution < -0.4 is 0 Å². The number of rotatable bonds is 1. The van der Waals surface area contributed by atoms with Crippen LogP contribution in [-0.2, 0) is 0 Å². The summed E-state index contributed by atoms with van der Waals surface area (Å²) in [6.45, 7) is 0. The molecular weight excluding hydrogens is 174 g/mol. The van der Waals surface area contributed by atoms with Crippen molar-refractivity contribution in [3.8, 4) is 0 Å². The van der Waals surface area contributed by atoms with Gasteiger partial charge in [-0.15, -0.1) is 23.5 Å². The highest BCUT2D eigenvalue weighted by Gasteiger charge is 2.14. The van der Waals surface area contributed by atoms with Gasteiger partial charge in [0.2, 0.25) is 0 Å². The SMILES string of the molecule is C1=CSC(c2ccccn2)S1. The van der Waals surface area contributed by atoms with E-state index in [0.29, 0.717) is 4.58 Å². The maximum absolute atomic E-state index is 4.28. The van der Waals surface area contributed by atoms with Gasteiger partial charge in [-0.05, 0) is 22.9 Å². The Hall–Kier alpha value is -0.410. The molecule has 1 aromatic rings. The summed E-state index contributed by atoms with van der Waals surface area (Å²) < 4.78 is 0.483. The molecule has 1 aromatic heterocycles. The Bertz CT molecular complexity index is 250. The van der Waals surface area contributed by atoms with Gasteiger partial charge < -0.3 is 0 Å². The summed E-state index contributed by atoms with van der Waals surface area (Å²) in [5.74, 6) is 0. The van der Waals surface area contributed by atoms with Crippen molar-refractivity contribution in [1.29, 1.82) is 0 Å². The van der Waals surface area contributed by atoms with Crippen molar-refractivity contribution in [3.05, 3.63) is 40.9 Å². The minimum Gasteiger partial charge on any atom is -0.259 e. The van der Waals surface area contributed by atoms with Crippen molar-refractivity contribution >= 4 is 23.5 Å². The van der Waals surface area contributed by atoms with Crippen LogP contribution in [0.1, 0.15) is 10.3 Å². The minimum atomic E-state index is 0.483. The number of nitrogens with zero attached hydrogens (tertiary/aromatic N) is 1. The highest BCUT2D eigenvalue weighted by Crippen LogP contribution is 2.45. The van der Waals surface area contributed by atoms with Gasteiger partial charge >= 0.3 is 0 Å². The fraction of sp³-hybridized carbons (Fsp3) is 0.125. The van der Waals surface area contributed by atoms with Crippen molar-refractivity contribution in [2.75, 3.05) is 0 Å². The monoisotopic (exact) mass is 181 g/mol. The first-order chi connectivity index (χ1) is 5.47. The summed E-state index contributed by atoms with van der Waals surface area (Å²) in [6, 6.07) is 6.04. The van der Waals surface area contributed by atoms with E-state index in [-0.39, 0.29) is 0 Å². The Labute approximate surface area is 74.3 Å². The average Bonchev–Trinajstić information content (AvgIpc) is 2.58. The van der Waals surface area contributed by atoms with Crippen molar-refractivity contribution in [2.24, 2.45) is 0 Å². The van der Waals surface area contributed by atoms with Crippen LogP contribution in [0.5, 0.6) is 0 Å². The van der Waals surface area contributed by atoms with Gasteiger partial charge in [0.1, 0.15) is 4.58 Å². The Balaban J connectivity index is 2.17. The van der Waals surface area contributed by atoms with Gasteiger partial charge in [-0.3, -0.25) is 4.98 Å². The summed E-state index contributed by atoms with van der Waals surface area (Å²) in [5.41, 5.74) is 1.16. The van der Waals surface area contributed by atoms with E-state index in [1.54, 1.807) is 0 Å². The van der Waals surface area contributed by atoms with Gasteiger partial charge in [-0.2, -0.15) is 0 Å². The lowest BCUT2D eigenvalue weighted by molar-refractivity contribution is 1.17. The van der Waals surface area contributed by atoms with E-state index in [4.69, 9.17) is 0 Å². The predicted molar refractivity (Wildman–Crippen MR) is 51.3 cm³/mol. The largest absolute Gasteiger partial charge is 0.259 e. The zero-order valence-corrected chi connectivity index (χ0v) is 7.44. The number of pyridine rings is 1. The summed E-state index contributed by atoms with van der Waals surface area (Å²) in [4.78, 5) is 4.28. The Kier molecular flexibility index (Phi) is 2.19. The third-order valence-corrected chi connectivity index (χ3v) is 3.79. The van der Waals surface area contributed by atoms with Crippen LogP contribution in [0.2, 0.25) is 0 Å². The molecule has 1 aliphatic rings. The normalized spacial score (nSPS) is 17.5. The summed E-state index contributed by atoms with van der Waals surface area (Å²) in [6.07, 6.45) is 1.84. The third-order valence-electron chi connectivity index (χ3n) is 1.39. The number of thioether (sulfide) groups is 2. The van der Waals surface area contributed by atoms with Gasteiger partial charge in [0.15, 0.2) is 0 Å². The first kappa shape index (κ1) is 7.25. The Morgan fingerprint density at radius 3 is 2.64 bits per heavy atom. The van der Waals surface area contributed by atoms with E-state index in [9.17, 15) is 0 Å². The van der Waals surface area contributed by atoms with Crippen molar-refractivity contribution in [2.45, 2.75) is 4.58 Å². The first-order valence-electron chi connectivity index (χ1n) is 3.34. The molecule has 56 valence electrons. The molecule has 0 saturated heterocycles. The Morgan fingerprint density at radius 1 is 1.18 bits per heavy atom.